The molecule has 0 saturated carbocycles. The van der Waals surface area contributed by atoms with E-state index in [9.17, 15) is 13.6 Å². The fraction of sp³-hybridized carbons (Fsp3) is 0.222. The lowest BCUT2D eigenvalue weighted by Gasteiger charge is -2.15. The monoisotopic (exact) mass is 396 g/mol. The summed E-state index contributed by atoms with van der Waals surface area (Å²) < 4.78 is 29.5. The van der Waals surface area contributed by atoms with Gasteiger partial charge in [-0.25, -0.2) is 0 Å². The molecule has 2 rings (SSSR count). The number of primary amides is 1. The SMILES string of the molecule is CN=C(NCc1cccc(C(N)=O)c1)NCc1cc(Cl)ccc1OC(F)F. The lowest BCUT2D eigenvalue weighted by atomic mass is 10.1. The molecule has 0 aliphatic carbocycles. The molecule has 9 heteroatoms. The molecule has 0 aliphatic heterocycles. The quantitative estimate of drug-likeness (QED) is 0.496. The van der Waals surface area contributed by atoms with Crippen molar-refractivity contribution in [2.75, 3.05) is 7.05 Å². The Balaban J connectivity index is 1.99. The smallest absolute Gasteiger partial charge is 0.387 e. The minimum absolute atomic E-state index is 0.0338. The molecular weight excluding hydrogens is 378 g/mol. The number of amides is 1. The number of rotatable bonds is 7. The molecule has 27 heavy (non-hydrogen) atoms. The number of halogens is 3. The number of aliphatic imine (C=N–C) groups is 1. The van der Waals surface area contributed by atoms with Gasteiger partial charge in [-0.15, -0.1) is 0 Å². The van der Waals surface area contributed by atoms with Gasteiger partial charge in [0.05, 0.1) is 0 Å². The number of carbonyl (C=O) groups is 1. The fourth-order valence-electron chi connectivity index (χ4n) is 2.32. The number of nitrogens with zero attached hydrogens (tertiary/aromatic N) is 1. The number of nitrogens with one attached hydrogen (secondary N) is 2. The van der Waals surface area contributed by atoms with Crippen LogP contribution in [0.15, 0.2) is 47.5 Å². The number of ether oxygens (including phenoxy) is 1. The molecule has 0 aliphatic rings. The van der Waals surface area contributed by atoms with E-state index in [1.807, 2.05) is 6.07 Å². The van der Waals surface area contributed by atoms with Crippen LogP contribution >= 0.6 is 11.6 Å². The summed E-state index contributed by atoms with van der Waals surface area (Å²) in [5, 5.41) is 6.46. The zero-order chi connectivity index (χ0) is 19.8. The maximum atomic E-state index is 12.5. The lowest BCUT2D eigenvalue weighted by molar-refractivity contribution is -0.0504. The van der Waals surface area contributed by atoms with Crippen LogP contribution in [0.3, 0.4) is 0 Å². The summed E-state index contributed by atoms with van der Waals surface area (Å²) in [5.41, 5.74) is 6.97. The van der Waals surface area contributed by atoms with E-state index in [4.69, 9.17) is 17.3 Å². The van der Waals surface area contributed by atoms with Crippen LogP contribution in [0.1, 0.15) is 21.5 Å². The van der Waals surface area contributed by atoms with Crippen molar-refractivity contribution in [1.29, 1.82) is 0 Å². The average molecular weight is 397 g/mol. The van der Waals surface area contributed by atoms with Crippen molar-refractivity contribution in [3.05, 3.63) is 64.2 Å². The van der Waals surface area contributed by atoms with Gasteiger partial charge in [0.2, 0.25) is 5.91 Å². The molecule has 0 spiro atoms. The molecule has 0 aromatic heterocycles. The summed E-state index contributed by atoms with van der Waals surface area (Å²) in [6.07, 6.45) is 0. The molecule has 0 fully saturated rings. The number of guanidine groups is 1. The van der Waals surface area contributed by atoms with Crippen LogP contribution in [-0.4, -0.2) is 25.5 Å². The Hall–Kier alpha value is -2.87. The van der Waals surface area contributed by atoms with Crippen molar-refractivity contribution in [2.24, 2.45) is 10.7 Å². The highest BCUT2D eigenvalue weighted by Crippen LogP contribution is 2.24. The normalized spacial score (nSPS) is 11.4. The first-order chi connectivity index (χ1) is 12.9. The topological polar surface area (TPSA) is 88.7 Å². The summed E-state index contributed by atoms with van der Waals surface area (Å²) in [4.78, 5) is 15.3. The predicted molar refractivity (Wildman–Crippen MR) is 100 cm³/mol. The van der Waals surface area contributed by atoms with Crippen molar-refractivity contribution in [3.63, 3.8) is 0 Å². The molecule has 144 valence electrons. The molecule has 0 bridgehead atoms. The van der Waals surface area contributed by atoms with Gasteiger partial charge in [-0.05, 0) is 35.9 Å². The third-order valence-electron chi connectivity index (χ3n) is 3.58. The highest BCUT2D eigenvalue weighted by atomic mass is 35.5. The Kier molecular flexibility index (Phi) is 7.36. The number of hydrogen-bond donors (Lipinski definition) is 3. The van der Waals surface area contributed by atoms with E-state index >= 15 is 0 Å². The van der Waals surface area contributed by atoms with Gasteiger partial charge in [0.1, 0.15) is 5.75 Å². The Morgan fingerprint density at radius 2 is 1.96 bits per heavy atom. The maximum absolute atomic E-state index is 12.5. The Bertz CT molecular complexity index is 831. The Labute approximate surface area is 160 Å². The molecule has 4 N–H and O–H groups in total. The molecule has 2 aromatic rings. The number of carbonyl (C=O) groups excluding carboxylic acids is 1. The van der Waals surface area contributed by atoms with Gasteiger partial charge in [0, 0.05) is 36.3 Å². The van der Waals surface area contributed by atoms with Crippen LogP contribution in [0.2, 0.25) is 5.02 Å². The summed E-state index contributed by atoms with van der Waals surface area (Å²) in [7, 11) is 1.57. The number of alkyl halides is 2. The zero-order valence-corrected chi connectivity index (χ0v) is 15.3. The van der Waals surface area contributed by atoms with Crippen LogP contribution in [0.25, 0.3) is 0 Å². The van der Waals surface area contributed by atoms with Crippen molar-refractivity contribution >= 4 is 23.5 Å². The van der Waals surface area contributed by atoms with E-state index in [0.717, 1.165) is 5.56 Å². The molecule has 0 unspecified atom stereocenters. The second-order valence-electron chi connectivity index (χ2n) is 5.47. The first kappa shape index (κ1) is 20.4. The number of benzene rings is 2. The van der Waals surface area contributed by atoms with Crippen LogP contribution < -0.4 is 21.1 Å². The summed E-state index contributed by atoms with van der Waals surface area (Å²) in [6, 6.07) is 11.3. The third kappa shape index (κ3) is 6.41. The molecule has 0 radical (unpaired) electrons. The average Bonchev–Trinajstić information content (AvgIpc) is 2.63. The molecule has 0 saturated heterocycles. The van der Waals surface area contributed by atoms with Gasteiger partial charge >= 0.3 is 6.61 Å². The van der Waals surface area contributed by atoms with Crippen LogP contribution in [0.4, 0.5) is 8.78 Å². The van der Waals surface area contributed by atoms with E-state index in [-0.39, 0.29) is 12.3 Å². The van der Waals surface area contributed by atoms with Gasteiger partial charge in [0.25, 0.3) is 0 Å². The summed E-state index contributed by atoms with van der Waals surface area (Å²) in [5.74, 6) is -0.0409. The highest BCUT2D eigenvalue weighted by Gasteiger charge is 2.11. The second-order valence-corrected chi connectivity index (χ2v) is 5.91. The largest absolute Gasteiger partial charge is 0.434 e. The summed E-state index contributed by atoms with van der Waals surface area (Å²) in [6.45, 7) is -2.37. The zero-order valence-electron chi connectivity index (χ0n) is 14.5. The minimum atomic E-state index is -2.93. The fourth-order valence-corrected chi connectivity index (χ4v) is 2.51. The lowest BCUT2D eigenvalue weighted by Crippen LogP contribution is -2.36. The van der Waals surface area contributed by atoms with Crippen molar-refractivity contribution in [1.82, 2.24) is 10.6 Å². The molecule has 2 aromatic carbocycles. The first-order valence-electron chi connectivity index (χ1n) is 7.95. The van der Waals surface area contributed by atoms with Crippen LogP contribution in [0, 0.1) is 0 Å². The van der Waals surface area contributed by atoms with Gasteiger partial charge in [-0.3, -0.25) is 9.79 Å². The first-order valence-corrected chi connectivity index (χ1v) is 8.33. The standard InChI is InChI=1S/C18H19ClF2N4O2/c1-23-18(24-9-11-3-2-4-12(7-11)16(22)26)25-10-13-8-14(19)5-6-15(13)27-17(20)21/h2-8,17H,9-10H2,1H3,(H2,22,26)(H2,23,24,25). The highest BCUT2D eigenvalue weighted by molar-refractivity contribution is 6.30. The van der Waals surface area contributed by atoms with Gasteiger partial charge in [-0.1, -0.05) is 23.7 Å². The van der Waals surface area contributed by atoms with E-state index in [0.29, 0.717) is 28.7 Å². The number of nitrogens with two attached hydrogens (primary N) is 1. The maximum Gasteiger partial charge on any atom is 0.387 e. The molecule has 1 amide bonds. The summed E-state index contributed by atoms with van der Waals surface area (Å²) >= 11 is 5.93. The van der Waals surface area contributed by atoms with E-state index in [1.54, 1.807) is 25.2 Å². The van der Waals surface area contributed by atoms with Crippen LogP contribution in [0.5, 0.6) is 5.75 Å². The Morgan fingerprint density at radius 1 is 1.22 bits per heavy atom. The Morgan fingerprint density at radius 3 is 2.63 bits per heavy atom. The molecule has 0 atom stereocenters. The molecule has 6 nitrogen and oxygen atoms in total. The predicted octanol–water partition coefficient (Wildman–Crippen LogP) is 2.91. The minimum Gasteiger partial charge on any atom is -0.434 e. The molecule has 0 heterocycles. The van der Waals surface area contributed by atoms with Crippen molar-refractivity contribution < 1.29 is 18.3 Å². The van der Waals surface area contributed by atoms with E-state index < -0.39 is 12.5 Å². The van der Waals surface area contributed by atoms with E-state index in [2.05, 4.69) is 20.4 Å². The van der Waals surface area contributed by atoms with E-state index in [1.165, 1.54) is 18.2 Å². The van der Waals surface area contributed by atoms with Crippen molar-refractivity contribution in [2.45, 2.75) is 19.7 Å². The second kappa shape index (κ2) is 9.72. The van der Waals surface area contributed by atoms with Gasteiger partial charge in [0.15, 0.2) is 5.96 Å². The van der Waals surface area contributed by atoms with Gasteiger partial charge in [-0.2, -0.15) is 8.78 Å². The van der Waals surface area contributed by atoms with Crippen molar-refractivity contribution in [3.8, 4) is 5.75 Å². The molecular formula is C18H19ClF2N4O2. The van der Waals surface area contributed by atoms with Crippen LogP contribution in [-0.2, 0) is 13.1 Å². The van der Waals surface area contributed by atoms with Gasteiger partial charge < -0.3 is 21.1 Å². The number of hydrogen-bond acceptors (Lipinski definition) is 3. The third-order valence-corrected chi connectivity index (χ3v) is 3.82.